The second-order valence-electron chi connectivity index (χ2n) is 6.50. The third kappa shape index (κ3) is 2.73. The lowest BCUT2D eigenvalue weighted by atomic mass is 9.93. The van der Waals surface area contributed by atoms with Crippen molar-refractivity contribution in [2.75, 3.05) is 0 Å². The minimum Gasteiger partial charge on any atom is -0.345 e. The first-order chi connectivity index (χ1) is 11.0. The smallest absolute Gasteiger partial charge is 0.231 e. The number of aromatic nitrogens is 3. The minimum absolute atomic E-state index is 0.135. The highest BCUT2D eigenvalue weighted by Crippen LogP contribution is 2.49. The van der Waals surface area contributed by atoms with Gasteiger partial charge in [-0.05, 0) is 24.8 Å². The number of hydrogen-bond donors (Lipinski definition) is 1. The number of nitrogens with zero attached hydrogens (tertiary/aromatic N) is 3. The molecule has 1 aliphatic rings. The second-order valence-corrected chi connectivity index (χ2v) is 6.50. The molecule has 0 spiro atoms. The Morgan fingerprint density at radius 2 is 2.04 bits per heavy atom. The van der Waals surface area contributed by atoms with Crippen LogP contribution in [0.25, 0.3) is 0 Å². The lowest BCUT2D eigenvalue weighted by Gasteiger charge is -2.25. The normalized spacial score (nSPS) is 17.1. The molecule has 3 rings (SSSR count). The Morgan fingerprint density at radius 3 is 2.57 bits per heavy atom. The van der Waals surface area contributed by atoms with Crippen LogP contribution in [-0.2, 0) is 17.3 Å². The van der Waals surface area contributed by atoms with Gasteiger partial charge in [0.05, 0.1) is 11.5 Å². The number of nitrogens with one attached hydrogen (secondary N) is 1. The van der Waals surface area contributed by atoms with E-state index in [1.165, 1.54) is 12.4 Å². The van der Waals surface area contributed by atoms with E-state index in [1.54, 1.807) is 29.9 Å². The second kappa shape index (κ2) is 5.76. The van der Waals surface area contributed by atoms with E-state index in [9.17, 15) is 9.18 Å². The molecule has 6 heteroatoms. The summed E-state index contributed by atoms with van der Waals surface area (Å²) in [6.45, 7) is 4.03. The van der Waals surface area contributed by atoms with E-state index >= 15 is 0 Å². The van der Waals surface area contributed by atoms with Gasteiger partial charge in [-0.3, -0.25) is 9.48 Å². The van der Waals surface area contributed by atoms with Gasteiger partial charge in [-0.15, -0.1) is 0 Å². The predicted molar refractivity (Wildman–Crippen MR) is 84.0 cm³/mol. The van der Waals surface area contributed by atoms with Gasteiger partial charge in [0, 0.05) is 12.6 Å². The van der Waals surface area contributed by atoms with Crippen molar-refractivity contribution in [3.8, 4) is 0 Å². The van der Waals surface area contributed by atoms with Crippen molar-refractivity contribution < 1.29 is 9.18 Å². The lowest BCUT2D eigenvalue weighted by molar-refractivity contribution is -0.124. The van der Waals surface area contributed by atoms with Crippen molar-refractivity contribution in [1.29, 1.82) is 0 Å². The van der Waals surface area contributed by atoms with Gasteiger partial charge in [-0.1, -0.05) is 32.0 Å². The molecule has 1 aromatic carbocycles. The standard InChI is InChI=1S/C17H21FN4O/c1-11(2)14(15-19-10-20-22(15)3)21-16(23)17(8-9-17)12-6-4-5-7-13(12)18/h4-7,10-11,14H,8-9H2,1-3H3,(H,21,23)/t14-/m1/s1. The molecular weight excluding hydrogens is 295 g/mol. The zero-order valence-corrected chi connectivity index (χ0v) is 13.6. The Bertz CT molecular complexity index is 721. The summed E-state index contributed by atoms with van der Waals surface area (Å²) in [6, 6.07) is 6.27. The van der Waals surface area contributed by atoms with Crippen molar-refractivity contribution in [3.63, 3.8) is 0 Å². The van der Waals surface area contributed by atoms with Crippen molar-refractivity contribution in [2.45, 2.75) is 38.1 Å². The summed E-state index contributed by atoms with van der Waals surface area (Å²) in [7, 11) is 1.80. The van der Waals surface area contributed by atoms with E-state index in [4.69, 9.17) is 0 Å². The maximum atomic E-state index is 14.1. The van der Waals surface area contributed by atoms with E-state index in [0.717, 1.165) is 0 Å². The van der Waals surface area contributed by atoms with Crippen LogP contribution in [0, 0.1) is 11.7 Å². The number of hydrogen-bond acceptors (Lipinski definition) is 3. The van der Waals surface area contributed by atoms with Crippen LogP contribution in [0.1, 0.15) is 44.1 Å². The minimum atomic E-state index is -0.739. The van der Waals surface area contributed by atoms with Gasteiger partial charge in [0.25, 0.3) is 0 Å². The molecule has 0 bridgehead atoms. The largest absolute Gasteiger partial charge is 0.345 e. The monoisotopic (exact) mass is 316 g/mol. The molecule has 1 aliphatic carbocycles. The van der Waals surface area contributed by atoms with Crippen LogP contribution < -0.4 is 5.32 Å². The van der Waals surface area contributed by atoms with E-state index in [-0.39, 0.29) is 23.7 Å². The van der Waals surface area contributed by atoms with Crippen molar-refractivity contribution in [1.82, 2.24) is 20.1 Å². The fourth-order valence-electron chi connectivity index (χ4n) is 2.99. The highest BCUT2D eigenvalue weighted by Gasteiger charge is 2.53. The molecular formula is C17H21FN4O. The molecule has 122 valence electrons. The molecule has 1 saturated carbocycles. The maximum absolute atomic E-state index is 14.1. The zero-order chi connectivity index (χ0) is 16.6. The van der Waals surface area contributed by atoms with Crippen LogP contribution in [0.15, 0.2) is 30.6 Å². The van der Waals surface area contributed by atoms with Crippen LogP contribution >= 0.6 is 0 Å². The number of amides is 1. The zero-order valence-electron chi connectivity index (χ0n) is 13.6. The van der Waals surface area contributed by atoms with E-state index in [2.05, 4.69) is 15.4 Å². The highest BCUT2D eigenvalue weighted by atomic mass is 19.1. The van der Waals surface area contributed by atoms with Crippen LogP contribution in [-0.4, -0.2) is 20.7 Å². The molecule has 5 nitrogen and oxygen atoms in total. The summed E-state index contributed by atoms with van der Waals surface area (Å²) < 4.78 is 15.8. The summed E-state index contributed by atoms with van der Waals surface area (Å²) in [5.41, 5.74) is -0.255. The van der Waals surface area contributed by atoms with Gasteiger partial charge in [-0.2, -0.15) is 5.10 Å². The molecule has 0 saturated heterocycles. The van der Waals surface area contributed by atoms with Gasteiger partial charge in [0.2, 0.25) is 5.91 Å². The summed E-state index contributed by atoms with van der Waals surface area (Å²) in [4.78, 5) is 17.1. The first-order valence-electron chi connectivity index (χ1n) is 7.85. The average Bonchev–Trinajstić information content (AvgIpc) is 3.21. The van der Waals surface area contributed by atoms with Crippen molar-refractivity contribution in [2.24, 2.45) is 13.0 Å². The van der Waals surface area contributed by atoms with Crippen molar-refractivity contribution in [3.05, 3.63) is 47.8 Å². The number of carbonyl (C=O) groups excluding carboxylic acids is 1. The summed E-state index contributed by atoms with van der Waals surface area (Å²) in [5.74, 6) is 0.403. The highest BCUT2D eigenvalue weighted by molar-refractivity contribution is 5.91. The SMILES string of the molecule is CC(C)[C@@H](NC(=O)C1(c2ccccc2F)CC1)c1ncnn1C. The third-order valence-electron chi connectivity index (χ3n) is 4.55. The molecule has 1 heterocycles. The molecule has 0 unspecified atom stereocenters. The van der Waals surface area contributed by atoms with Gasteiger partial charge >= 0.3 is 0 Å². The fourth-order valence-corrected chi connectivity index (χ4v) is 2.99. The maximum Gasteiger partial charge on any atom is 0.231 e. The van der Waals surface area contributed by atoms with Crippen molar-refractivity contribution >= 4 is 5.91 Å². The number of benzene rings is 1. The molecule has 2 aromatic rings. The topological polar surface area (TPSA) is 59.8 Å². The summed E-state index contributed by atoms with van der Waals surface area (Å²) in [5, 5.41) is 7.13. The van der Waals surface area contributed by atoms with Gasteiger partial charge in [0.15, 0.2) is 0 Å². The molecule has 1 aromatic heterocycles. The quantitative estimate of drug-likeness (QED) is 0.922. The molecule has 0 aliphatic heterocycles. The molecule has 1 fully saturated rings. The van der Waals surface area contributed by atoms with Gasteiger partial charge < -0.3 is 5.32 Å². The third-order valence-corrected chi connectivity index (χ3v) is 4.55. The first kappa shape index (κ1) is 15.6. The van der Waals surface area contributed by atoms with E-state index in [0.29, 0.717) is 24.2 Å². The lowest BCUT2D eigenvalue weighted by Crippen LogP contribution is -2.40. The van der Waals surface area contributed by atoms with Gasteiger partial charge in [-0.25, -0.2) is 9.37 Å². The van der Waals surface area contributed by atoms with Gasteiger partial charge in [0.1, 0.15) is 18.0 Å². The molecule has 1 amide bonds. The molecule has 1 atom stereocenters. The summed E-state index contributed by atoms with van der Waals surface area (Å²) >= 11 is 0. The molecule has 0 radical (unpaired) electrons. The Morgan fingerprint density at radius 1 is 1.35 bits per heavy atom. The molecule has 1 N–H and O–H groups in total. The van der Waals surface area contributed by atoms with Crippen LogP contribution in [0.3, 0.4) is 0 Å². The predicted octanol–water partition coefficient (Wildman–Crippen LogP) is 2.50. The van der Waals surface area contributed by atoms with Crippen LogP contribution in [0.2, 0.25) is 0 Å². The number of aryl methyl sites for hydroxylation is 1. The molecule has 23 heavy (non-hydrogen) atoms. The Balaban J connectivity index is 1.86. The Kier molecular flexibility index (Phi) is 3.92. The van der Waals surface area contributed by atoms with Crippen LogP contribution in [0.5, 0.6) is 0 Å². The first-order valence-corrected chi connectivity index (χ1v) is 7.85. The number of halogens is 1. The van der Waals surface area contributed by atoms with E-state index in [1.807, 2.05) is 13.8 Å². The average molecular weight is 316 g/mol. The summed E-state index contributed by atoms with van der Waals surface area (Å²) in [6.07, 6.45) is 2.81. The Hall–Kier alpha value is -2.24. The number of carbonyl (C=O) groups is 1. The van der Waals surface area contributed by atoms with E-state index < -0.39 is 5.41 Å². The number of rotatable bonds is 5. The fraction of sp³-hybridized carbons (Fsp3) is 0.471. The Labute approximate surface area is 134 Å². The van der Waals surface area contributed by atoms with Crippen LogP contribution in [0.4, 0.5) is 4.39 Å².